The number of esters is 1. The maximum Gasteiger partial charge on any atom is 0.356 e. The Morgan fingerprint density at radius 2 is 1.76 bits per heavy atom. The SMILES string of the molecule is CCOC(=O)c1[nH]c2cc(OC)c(OC)cc2c1NC(=O)CCN1CCN(c2cc(Cl)ccc2C)CC1. The van der Waals surface area contributed by atoms with Gasteiger partial charge in [-0.2, -0.15) is 0 Å². The van der Waals surface area contributed by atoms with E-state index in [4.69, 9.17) is 25.8 Å². The molecule has 1 fully saturated rings. The molecule has 37 heavy (non-hydrogen) atoms. The quantitative estimate of drug-likeness (QED) is 0.395. The molecule has 0 spiro atoms. The highest BCUT2D eigenvalue weighted by atomic mass is 35.5. The van der Waals surface area contributed by atoms with Crippen molar-refractivity contribution >= 4 is 45.8 Å². The fourth-order valence-electron chi connectivity index (χ4n) is 4.60. The smallest absolute Gasteiger partial charge is 0.356 e. The molecule has 1 amide bonds. The molecule has 0 atom stereocenters. The van der Waals surface area contributed by atoms with E-state index in [-0.39, 0.29) is 18.2 Å². The Morgan fingerprint density at radius 1 is 1.05 bits per heavy atom. The van der Waals surface area contributed by atoms with Crippen molar-refractivity contribution in [3.05, 3.63) is 46.6 Å². The Labute approximate surface area is 221 Å². The molecule has 1 saturated heterocycles. The van der Waals surface area contributed by atoms with Gasteiger partial charge in [-0.25, -0.2) is 4.79 Å². The van der Waals surface area contributed by atoms with Crippen LogP contribution in [0.25, 0.3) is 10.9 Å². The van der Waals surface area contributed by atoms with E-state index in [2.05, 4.69) is 27.0 Å². The second kappa shape index (κ2) is 11.7. The summed E-state index contributed by atoms with van der Waals surface area (Å²) in [7, 11) is 3.08. The topological polar surface area (TPSA) is 96.1 Å². The van der Waals surface area contributed by atoms with Crippen LogP contribution in [0.3, 0.4) is 0 Å². The van der Waals surface area contributed by atoms with Crippen molar-refractivity contribution in [2.75, 3.05) is 63.8 Å². The molecule has 1 aliphatic heterocycles. The monoisotopic (exact) mass is 528 g/mol. The van der Waals surface area contributed by atoms with Gasteiger partial charge in [0.15, 0.2) is 11.5 Å². The zero-order chi connectivity index (χ0) is 26.5. The number of hydrogen-bond acceptors (Lipinski definition) is 7. The Balaban J connectivity index is 1.43. The number of hydrogen-bond donors (Lipinski definition) is 2. The third-order valence-corrected chi connectivity index (χ3v) is 6.82. The summed E-state index contributed by atoms with van der Waals surface area (Å²) in [6, 6.07) is 9.42. The molecule has 1 aromatic heterocycles. The van der Waals surface area contributed by atoms with Gasteiger partial charge in [-0.3, -0.25) is 9.69 Å². The minimum Gasteiger partial charge on any atom is -0.493 e. The van der Waals surface area contributed by atoms with E-state index in [1.54, 1.807) is 19.1 Å². The summed E-state index contributed by atoms with van der Waals surface area (Å²) in [6.45, 7) is 8.06. The Morgan fingerprint density at radius 3 is 2.43 bits per heavy atom. The fourth-order valence-corrected chi connectivity index (χ4v) is 4.77. The lowest BCUT2D eigenvalue weighted by molar-refractivity contribution is -0.116. The van der Waals surface area contributed by atoms with E-state index < -0.39 is 5.97 Å². The number of carbonyl (C=O) groups is 2. The predicted octanol–water partition coefficient (Wildman–Crippen LogP) is 4.47. The van der Waals surface area contributed by atoms with Gasteiger partial charge in [-0.15, -0.1) is 0 Å². The Hall–Kier alpha value is -3.43. The molecule has 0 aliphatic carbocycles. The van der Waals surface area contributed by atoms with Crippen molar-refractivity contribution in [1.82, 2.24) is 9.88 Å². The summed E-state index contributed by atoms with van der Waals surface area (Å²) >= 11 is 6.20. The minimum atomic E-state index is -0.542. The van der Waals surface area contributed by atoms with Crippen molar-refractivity contribution < 1.29 is 23.8 Å². The van der Waals surface area contributed by atoms with Crippen LogP contribution in [0, 0.1) is 6.92 Å². The number of ether oxygens (including phenoxy) is 3. The van der Waals surface area contributed by atoms with E-state index in [9.17, 15) is 9.59 Å². The van der Waals surface area contributed by atoms with Crippen LogP contribution in [0.4, 0.5) is 11.4 Å². The molecular formula is C27H33ClN4O5. The van der Waals surface area contributed by atoms with Crippen LogP contribution in [0.2, 0.25) is 5.02 Å². The number of aromatic nitrogens is 1. The Bertz CT molecular complexity index is 1280. The van der Waals surface area contributed by atoms with E-state index in [0.29, 0.717) is 41.1 Å². The van der Waals surface area contributed by atoms with Gasteiger partial charge in [0.05, 0.1) is 32.0 Å². The average Bonchev–Trinajstić information content (AvgIpc) is 3.25. The van der Waals surface area contributed by atoms with Gasteiger partial charge in [-0.1, -0.05) is 17.7 Å². The first kappa shape index (κ1) is 26.6. The first-order valence-corrected chi connectivity index (χ1v) is 12.7. The maximum absolute atomic E-state index is 13.0. The van der Waals surface area contributed by atoms with Crippen LogP contribution in [-0.4, -0.2) is 75.3 Å². The molecule has 2 heterocycles. The summed E-state index contributed by atoms with van der Waals surface area (Å²) in [6.07, 6.45) is 0.290. The van der Waals surface area contributed by atoms with Gasteiger partial charge in [0, 0.05) is 61.3 Å². The number of rotatable bonds is 9. The molecule has 3 aromatic rings. The summed E-state index contributed by atoms with van der Waals surface area (Å²) in [4.78, 5) is 33.3. The third-order valence-electron chi connectivity index (χ3n) is 6.59. The van der Waals surface area contributed by atoms with Crippen LogP contribution in [0.5, 0.6) is 11.5 Å². The lowest BCUT2D eigenvalue weighted by atomic mass is 10.1. The van der Waals surface area contributed by atoms with Crippen LogP contribution >= 0.6 is 11.6 Å². The first-order chi connectivity index (χ1) is 17.8. The van der Waals surface area contributed by atoms with Gasteiger partial charge in [0.1, 0.15) is 5.69 Å². The normalized spacial score (nSPS) is 14.0. The molecule has 4 rings (SSSR count). The second-order valence-electron chi connectivity index (χ2n) is 8.91. The highest BCUT2D eigenvalue weighted by molar-refractivity contribution is 6.30. The number of aryl methyl sites for hydroxylation is 1. The number of H-pyrrole nitrogens is 1. The van der Waals surface area contributed by atoms with Crippen LogP contribution in [-0.2, 0) is 9.53 Å². The predicted molar refractivity (Wildman–Crippen MR) is 145 cm³/mol. The number of benzene rings is 2. The van der Waals surface area contributed by atoms with Crippen LogP contribution in [0.15, 0.2) is 30.3 Å². The number of aromatic amines is 1. The zero-order valence-electron chi connectivity index (χ0n) is 21.7. The maximum atomic E-state index is 13.0. The number of fused-ring (bicyclic) bond motifs is 1. The number of nitrogens with zero attached hydrogens (tertiary/aromatic N) is 2. The standard InChI is InChI=1S/C27H33ClN4O5/c1-5-37-27(34)26-25(19-15-22(35-3)23(36-4)16-20(19)29-26)30-24(33)8-9-31-10-12-32(13-11-31)21-14-18(28)7-6-17(21)2/h6-7,14-16,29H,5,8-13H2,1-4H3,(H,30,33). The van der Waals surface area contributed by atoms with E-state index in [1.807, 2.05) is 18.2 Å². The van der Waals surface area contributed by atoms with E-state index in [1.165, 1.54) is 19.8 Å². The molecule has 9 nitrogen and oxygen atoms in total. The Kier molecular flexibility index (Phi) is 8.45. The highest BCUT2D eigenvalue weighted by Gasteiger charge is 2.24. The van der Waals surface area contributed by atoms with Crippen LogP contribution < -0.4 is 19.7 Å². The largest absolute Gasteiger partial charge is 0.493 e. The number of methoxy groups -OCH3 is 2. The lowest BCUT2D eigenvalue weighted by Crippen LogP contribution is -2.47. The molecule has 0 saturated carbocycles. The van der Waals surface area contributed by atoms with Crippen molar-refractivity contribution in [3.63, 3.8) is 0 Å². The van der Waals surface area contributed by atoms with Gasteiger partial charge < -0.3 is 29.4 Å². The number of halogens is 1. The lowest BCUT2D eigenvalue weighted by Gasteiger charge is -2.36. The van der Waals surface area contributed by atoms with Crippen molar-refractivity contribution in [1.29, 1.82) is 0 Å². The number of carbonyl (C=O) groups excluding carboxylic acids is 2. The van der Waals surface area contributed by atoms with Crippen molar-refractivity contribution in [2.24, 2.45) is 0 Å². The average molecular weight is 529 g/mol. The summed E-state index contributed by atoms with van der Waals surface area (Å²) < 4.78 is 16.0. The van der Waals surface area contributed by atoms with Gasteiger partial charge in [-0.05, 0) is 37.6 Å². The zero-order valence-corrected chi connectivity index (χ0v) is 22.4. The number of nitrogens with one attached hydrogen (secondary N) is 2. The molecule has 198 valence electrons. The summed E-state index contributed by atoms with van der Waals surface area (Å²) in [5, 5.41) is 4.30. The van der Waals surface area contributed by atoms with Gasteiger partial charge in [0.2, 0.25) is 5.91 Å². The number of piperazine rings is 1. The van der Waals surface area contributed by atoms with E-state index >= 15 is 0 Å². The first-order valence-electron chi connectivity index (χ1n) is 12.3. The molecule has 0 radical (unpaired) electrons. The van der Waals surface area contributed by atoms with Gasteiger partial charge in [0.25, 0.3) is 0 Å². The molecule has 1 aliphatic rings. The molecule has 10 heteroatoms. The highest BCUT2D eigenvalue weighted by Crippen LogP contribution is 2.37. The molecular weight excluding hydrogens is 496 g/mol. The van der Waals surface area contributed by atoms with Crippen molar-refractivity contribution in [3.8, 4) is 11.5 Å². The molecule has 2 aromatic carbocycles. The summed E-state index contributed by atoms with van der Waals surface area (Å²) in [5.74, 6) is 0.276. The number of anilines is 2. The van der Waals surface area contributed by atoms with Crippen molar-refractivity contribution in [2.45, 2.75) is 20.3 Å². The third kappa shape index (κ3) is 5.94. The molecule has 0 bridgehead atoms. The second-order valence-corrected chi connectivity index (χ2v) is 9.34. The van der Waals surface area contributed by atoms with Crippen LogP contribution in [0.1, 0.15) is 29.4 Å². The van der Waals surface area contributed by atoms with Gasteiger partial charge >= 0.3 is 5.97 Å². The van der Waals surface area contributed by atoms with E-state index in [0.717, 1.165) is 36.9 Å². The number of amides is 1. The molecule has 0 unspecified atom stereocenters. The fraction of sp³-hybridized carbons (Fsp3) is 0.407. The minimum absolute atomic E-state index is 0.186. The summed E-state index contributed by atoms with van der Waals surface area (Å²) in [5.41, 5.74) is 3.54. The molecule has 2 N–H and O–H groups in total.